The van der Waals surface area contributed by atoms with Crippen molar-refractivity contribution in [2.45, 2.75) is 58.0 Å². The third-order valence-corrected chi connectivity index (χ3v) is 3.56. The molecule has 1 saturated carbocycles. The molecular weight excluding hydrogens is 198 g/mol. The van der Waals surface area contributed by atoms with Gasteiger partial charge in [0.25, 0.3) is 0 Å². The topological polar surface area (TPSA) is 43.8 Å². The third kappa shape index (κ3) is 2.85. The van der Waals surface area contributed by atoms with Crippen LogP contribution in [0.15, 0.2) is 12.4 Å². The van der Waals surface area contributed by atoms with Crippen molar-refractivity contribution in [3.63, 3.8) is 0 Å². The van der Waals surface area contributed by atoms with E-state index in [1.54, 1.807) is 0 Å². The second-order valence-corrected chi connectivity index (χ2v) is 5.03. The molecule has 0 bridgehead atoms. The van der Waals surface area contributed by atoms with E-state index in [2.05, 4.69) is 22.7 Å². The van der Waals surface area contributed by atoms with E-state index < -0.39 is 0 Å². The fraction of sp³-hybridized carbons (Fsp3) is 0.769. The van der Waals surface area contributed by atoms with E-state index in [1.165, 1.54) is 37.9 Å². The zero-order valence-corrected chi connectivity index (χ0v) is 10.2. The monoisotopic (exact) mass is 221 g/mol. The maximum Gasteiger partial charge on any atom is 0.108 e. The number of hydrogen-bond acceptors (Lipinski definition) is 2. The summed E-state index contributed by atoms with van der Waals surface area (Å²) in [5.41, 5.74) is 6.02. The number of hydrogen-bond donors (Lipinski definition) is 1. The number of nitrogens with two attached hydrogens (primary N) is 1. The molecule has 0 aromatic carbocycles. The number of nitrogens with zero attached hydrogens (tertiary/aromatic N) is 2. The Bertz CT molecular complexity index is 319. The van der Waals surface area contributed by atoms with Crippen molar-refractivity contribution in [2.75, 3.05) is 0 Å². The molecule has 0 radical (unpaired) electrons. The summed E-state index contributed by atoms with van der Waals surface area (Å²) in [4.78, 5) is 4.48. The fourth-order valence-electron chi connectivity index (χ4n) is 2.75. The highest BCUT2D eigenvalue weighted by atomic mass is 15.1. The van der Waals surface area contributed by atoms with Gasteiger partial charge in [0.15, 0.2) is 0 Å². The lowest BCUT2D eigenvalue weighted by Crippen LogP contribution is -2.29. The number of rotatable bonds is 4. The van der Waals surface area contributed by atoms with Gasteiger partial charge in [-0.3, -0.25) is 0 Å². The molecule has 3 heteroatoms. The van der Waals surface area contributed by atoms with Crippen LogP contribution in [0.4, 0.5) is 0 Å². The van der Waals surface area contributed by atoms with E-state index in [4.69, 9.17) is 5.73 Å². The van der Waals surface area contributed by atoms with Crippen LogP contribution in [-0.4, -0.2) is 15.6 Å². The van der Waals surface area contributed by atoms with Crippen molar-refractivity contribution < 1.29 is 0 Å². The minimum atomic E-state index is 0.424. The largest absolute Gasteiger partial charge is 0.335 e. The van der Waals surface area contributed by atoms with Gasteiger partial charge in [-0.1, -0.05) is 13.3 Å². The first kappa shape index (κ1) is 11.6. The van der Waals surface area contributed by atoms with Crippen LogP contribution in [0.3, 0.4) is 0 Å². The van der Waals surface area contributed by atoms with Gasteiger partial charge < -0.3 is 10.3 Å². The molecule has 1 heterocycles. The van der Waals surface area contributed by atoms with Crippen LogP contribution < -0.4 is 5.73 Å². The van der Waals surface area contributed by atoms with Gasteiger partial charge in [0.2, 0.25) is 0 Å². The SMILES string of the molecule is CCCn1ccnc1CC1CCCC(N)C1. The van der Waals surface area contributed by atoms with Gasteiger partial charge in [-0.15, -0.1) is 0 Å². The van der Waals surface area contributed by atoms with Gasteiger partial charge in [0.1, 0.15) is 5.82 Å². The van der Waals surface area contributed by atoms with E-state index in [0.717, 1.165) is 18.9 Å². The molecule has 2 unspecified atom stereocenters. The van der Waals surface area contributed by atoms with Crippen molar-refractivity contribution in [2.24, 2.45) is 11.7 Å². The van der Waals surface area contributed by atoms with Gasteiger partial charge >= 0.3 is 0 Å². The van der Waals surface area contributed by atoms with Crippen molar-refractivity contribution in [3.8, 4) is 0 Å². The number of imidazole rings is 1. The molecule has 2 atom stereocenters. The van der Waals surface area contributed by atoms with Gasteiger partial charge in [-0.2, -0.15) is 0 Å². The standard InChI is InChI=1S/C13H23N3/c1-2-7-16-8-6-15-13(16)10-11-4-3-5-12(14)9-11/h6,8,11-12H,2-5,7,9-10,14H2,1H3. The van der Waals surface area contributed by atoms with E-state index in [0.29, 0.717) is 6.04 Å². The van der Waals surface area contributed by atoms with Crippen molar-refractivity contribution in [1.29, 1.82) is 0 Å². The maximum absolute atomic E-state index is 6.02. The molecule has 0 saturated heterocycles. The molecule has 90 valence electrons. The summed E-state index contributed by atoms with van der Waals surface area (Å²) in [6, 6.07) is 0.424. The zero-order valence-electron chi connectivity index (χ0n) is 10.2. The van der Waals surface area contributed by atoms with E-state index in [-0.39, 0.29) is 0 Å². The van der Waals surface area contributed by atoms with Crippen LogP contribution in [0.1, 0.15) is 44.9 Å². The van der Waals surface area contributed by atoms with Crippen LogP contribution in [0, 0.1) is 5.92 Å². The first-order valence-electron chi connectivity index (χ1n) is 6.55. The smallest absolute Gasteiger partial charge is 0.108 e. The lowest BCUT2D eigenvalue weighted by molar-refractivity contribution is 0.314. The van der Waals surface area contributed by atoms with Gasteiger partial charge in [-0.05, 0) is 31.6 Å². The quantitative estimate of drug-likeness (QED) is 0.848. The van der Waals surface area contributed by atoms with Crippen LogP contribution in [0.2, 0.25) is 0 Å². The molecule has 1 aromatic heterocycles. The Morgan fingerprint density at radius 3 is 3.12 bits per heavy atom. The maximum atomic E-state index is 6.02. The van der Waals surface area contributed by atoms with Crippen molar-refractivity contribution >= 4 is 0 Å². The van der Waals surface area contributed by atoms with Crippen molar-refractivity contribution in [3.05, 3.63) is 18.2 Å². The highest BCUT2D eigenvalue weighted by Gasteiger charge is 2.20. The summed E-state index contributed by atoms with van der Waals surface area (Å²) in [6.07, 6.45) is 11.3. The second-order valence-electron chi connectivity index (χ2n) is 5.03. The molecule has 16 heavy (non-hydrogen) atoms. The molecule has 0 amide bonds. The summed E-state index contributed by atoms with van der Waals surface area (Å²) in [7, 11) is 0. The molecule has 1 aliphatic rings. The lowest BCUT2D eigenvalue weighted by Gasteiger charge is -2.26. The van der Waals surface area contributed by atoms with Crippen LogP contribution in [0.5, 0.6) is 0 Å². The molecule has 1 fully saturated rings. The molecule has 2 N–H and O–H groups in total. The summed E-state index contributed by atoms with van der Waals surface area (Å²) >= 11 is 0. The summed E-state index contributed by atoms with van der Waals surface area (Å²) < 4.78 is 2.29. The predicted octanol–water partition coefficient (Wildman–Crippen LogP) is 2.35. The number of aryl methyl sites for hydroxylation is 1. The summed E-state index contributed by atoms with van der Waals surface area (Å²) in [6.45, 7) is 3.30. The Labute approximate surface area is 98.1 Å². The molecule has 1 aliphatic carbocycles. The minimum Gasteiger partial charge on any atom is -0.335 e. The van der Waals surface area contributed by atoms with E-state index in [9.17, 15) is 0 Å². The first-order valence-corrected chi connectivity index (χ1v) is 6.55. The fourth-order valence-corrected chi connectivity index (χ4v) is 2.75. The normalized spacial score (nSPS) is 25.9. The average Bonchev–Trinajstić information content (AvgIpc) is 2.66. The molecule has 2 rings (SSSR count). The Morgan fingerprint density at radius 2 is 2.38 bits per heavy atom. The zero-order chi connectivity index (χ0) is 11.4. The van der Waals surface area contributed by atoms with E-state index in [1.807, 2.05) is 6.20 Å². The molecule has 0 spiro atoms. The van der Waals surface area contributed by atoms with E-state index >= 15 is 0 Å². The van der Waals surface area contributed by atoms with Crippen LogP contribution >= 0.6 is 0 Å². The Morgan fingerprint density at radius 1 is 1.50 bits per heavy atom. The highest BCUT2D eigenvalue weighted by molar-refractivity contribution is 4.95. The van der Waals surface area contributed by atoms with Crippen molar-refractivity contribution in [1.82, 2.24) is 9.55 Å². The lowest BCUT2D eigenvalue weighted by atomic mass is 9.84. The van der Waals surface area contributed by atoms with Crippen LogP contribution in [-0.2, 0) is 13.0 Å². The average molecular weight is 221 g/mol. The Hall–Kier alpha value is -0.830. The summed E-state index contributed by atoms with van der Waals surface area (Å²) in [5.74, 6) is 2.00. The predicted molar refractivity (Wildman–Crippen MR) is 66.2 cm³/mol. The Kier molecular flexibility index (Phi) is 3.99. The molecular formula is C13H23N3. The second kappa shape index (κ2) is 5.48. The minimum absolute atomic E-state index is 0.424. The first-order chi connectivity index (χ1) is 7.79. The van der Waals surface area contributed by atoms with Crippen LogP contribution in [0.25, 0.3) is 0 Å². The Balaban J connectivity index is 1.94. The third-order valence-electron chi connectivity index (χ3n) is 3.56. The van der Waals surface area contributed by atoms with Gasteiger partial charge in [0.05, 0.1) is 0 Å². The van der Waals surface area contributed by atoms with Gasteiger partial charge in [-0.25, -0.2) is 4.98 Å². The van der Waals surface area contributed by atoms with Gasteiger partial charge in [0, 0.05) is 31.4 Å². The number of aromatic nitrogens is 2. The summed E-state index contributed by atoms with van der Waals surface area (Å²) in [5, 5.41) is 0. The highest BCUT2D eigenvalue weighted by Crippen LogP contribution is 2.25. The molecule has 1 aromatic rings. The molecule has 3 nitrogen and oxygen atoms in total. The molecule has 0 aliphatic heterocycles.